The number of tetrazole rings is 1. The number of carbonyl (C=O) groups is 1. The van der Waals surface area contributed by atoms with E-state index < -0.39 is 0 Å². The zero-order valence-electron chi connectivity index (χ0n) is 22.5. The molecule has 0 aliphatic rings. The zero-order valence-corrected chi connectivity index (χ0v) is 22.5. The largest absolute Gasteiger partial charge is 0.334 e. The van der Waals surface area contributed by atoms with Crippen LogP contribution in [0.4, 0.5) is 0 Å². The minimum Gasteiger partial charge on any atom is -0.294 e. The van der Waals surface area contributed by atoms with Crippen LogP contribution >= 0.6 is 0 Å². The van der Waals surface area contributed by atoms with Crippen molar-refractivity contribution in [3.63, 3.8) is 0 Å². The summed E-state index contributed by atoms with van der Waals surface area (Å²) < 4.78 is 5.06. The fraction of sp³-hybridized carbons (Fsp3) is 0.321. The molecule has 5 rings (SSSR count). The first-order valence-corrected chi connectivity index (χ1v) is 13.1. The molecule has 0 unspecified atom stereocenters. The van der Waals surface area contributed by atoms with Crippen LogP contribution in [0.3, 0.4) is 0 Å². The Morgan fingerprint density at radius 2 is 1.87 bits per heavy atom. The Bertz CT molecular complexity index is 1640. The number of benzene rings is 1. The van der Waals surface area contributed by atoms with E-state index in [2.05, 4.69) is 32.6 Å². The lowest BCUT2D eigenvalue weighted by Gasteiger charge is -2.12. The number of aryl methyl sites for hydroxylation is 1. The first-order chi connectivity index (χ1) is 18.9. The number of H-pyrrole nitrogens is 1. The number of imidazole rings is 1. The normalized spacial score (nSPS) is 11.4. The molecule has 0 amide bonds. The number of unbranched alkanes of at least 4 members (excludes halogenated alkanes) is 1. The number of carbonyl (C=O) groups excluding carboxylic acids is 1. The Morgan fingerprint density at radius 3 is 2.51 bits per heavy atom. The van der Waals surface area contributed by atoms with Gasteiger partial charge in [-0.25, -0.2) is 9.48 Å². The van der Waals surface area contributed by atoms with Crippen LogP contribution < -0.4 is 5.69 Å². The highest BCUT2D eigenvalue weighted by Gasteiger charge is 2.22. The highest BCUT2D eigenvalue weighted by Crippen LogP contribution is 2.28. The summed E-state index contributed by atoms with van der Waals surface area (Å²) in [7, 11) is 0. The van der Waals surface area contributed by atoms with Crippen molar-refractivity contribution in [3.05, 3.63) is 82.3 Å². The van der Waals surface area contributed by atoms with Gasteiger partial charge in [0.05, 0.1) is 24.0 Å². The fourth-order valence-electron chi connectivity index (χ4n) is 4.66. The number of Topliss-reactive ketones (excluding diaryl/α,β-unsaturated/α-hetero) is 1. The minimum atomic E-state index is -0.211. The Hall–Kier alpha value is -4.67. The number of pyridine rings is 1. The Morgan fingerprint density at radius 1 is 1.08 bits per heavy atom. The van der Waals surface area contributed by atoms with E-state index in [0.717, 1.165) is 47.3 Å². The molecule has 0 fully saturated rings. The summed E-state index contributed by atoms with van der Waals surface area (Å²) in [6.07, 6.45) is 7.86. The number of aromatic nitrogens is 9. The van der Waals surface area contributed by atoms with E-state index in [1.54, 1.807) is 26.2 Å². The Kier molecular flexibility index (Phi) is 7.31. The maximum absolute atomic E-state index is 13.8. The second-order valence-corrected chi connectivity index (χ2v) is 9.77. The maximum atomic E-state index is 13.8. The molecular formula is C28H31N9O2. The smallest absolute Gasteiger partial charge is 0.294 e. The molecule has 1 aromatic carbocycles. The third-order valence-electron chi connectivity index (χ3n) is 6.67. The van der Waals surface area contributed by atoms with Crippen molar-refractivity contribution >= 4 is 5.78 Å². The van der Waals surface area contributed by atoms with Crippen LogP contribution in [0.25, 0.3) is 28.5 Å². The molecule has 0 aliphatic heterocycles. The summed E-state index contributed by atoms with van der Waals surface area (Å²) in [6.45, 7) is 7.93. The summed E-state index contributed by atoms with van der Waals surface area (Å²) in [5, 5.41) is 18.8. The van der Waals surface area contributed by atoms with Crippen molar-refractivity contribution in [2.45, 2.75) is 59.5 Å². The van der Waals surface area contributed by atoms with Gasteiger partial charge >= 0.3 is 5.69 Å². The van der Waals surface area contributed by atoms with Crippen LogP contribution in [-0.4, -0.2) is 50.3 Å². The number of hydrogen-bond donors (Lipinski definition) is 1. The molecule has 0 saturated carbocycles. The maximum Gasteiger partial charge on any atom is 0.334 e. The SMILES string of the molecule is CCCCc1cn(-c2c(C(C)=O)cnn2C(C)C)c(=O)n1Cc1ccc(-c2ccccc2-c2nn[nH]n2)nc1. The predicted octanol–water partition coefficient (Wildman–Crippen LogP) is 4.25. The van der Waals surface area contributed by atoms with E-state index in [0.29, 0.717) is 23.8 Å². The van der Waals surface area contributed by atoms with Gasteiger partial charge < -0.3 is 0 Å². The molecule has 0 atom stereocenters. The third kappa shape index (κ3) is 5.07. The molecule has 4 aromatic heterocycles. The van der Waals surface area contributed by atoms with Crippen molar-refractivity contribution in [3.8, 4) is 28.5 Å². The monoisotopic (exact) mass is 525 g/mol. The van der Waals surface area contributed by atoms with Gasteiger partial charge in [-0.15, -0.1) is 10.2 Å². The first kappa shape index (κ1) is 26.0. The number of rotatable bonds is 10. The van der Waals surface area contributed by atoms with Crippen molar-refractivity contribution in [1.29, 1.82) is 0 Å². The van der Waals surface area contributed by atoms with Gasteiger partial charge in [0.25, 0.3) is 0 Å². The summed E-state index contributed by atoms with van der Waals surface area (Å²) in [6, 6.07) is 11.6. The summed E-state index contributed by atoms with van der Waals surface area (Å²) in [4.78, 5) is 30.9. The van der Waals surface area contributed by atoms with E-state index in [9.17, 15) is 9.59 Å². The molecule has 200 valence electrons. The molecule has 0 spiro atoms. The molecular weight excluding hydrogens is 494 g/mol. The summed E-state index contributed by atoms with van der Waals surface area (Å²) in [5.41, 5.74) is 4.48. The molecule has 39 heavy (non-hydrogen) atoms. The number of hydrogen-bond acceptors (Lipinski definition) is 7. The first-order valence-electron chi connectivity index (χ1n) is 13.1. The zero-order chi connectivity index (χ0) is 27.5. The van der Waals surface area contributed by atoms with Crippen LogP contribution in [0.1, 0.15) is 68.2 Å². The average Bonchev–Trinajstić information content (AvgIpc) is 3.68. The van der Waals surface area contributed by atoms with Gasteiger partial charge in [0.1, 0.15) is 5.82 Å². The lowest BCUT2D eigenvalue weighted by molar-refractivity contribution is 0.101. The van der Waals surface area contributed by atoms with E-state index in [4.69, 9.17) is 4.98 Å². The van der Waals surface area contributed by atoms with Gasteiger partial charge in [-0.2, -0.15) is 10.3 Å². The Balaban J connectivity index is 1.52. The molecule has 11 heteroatoms. The van der Waals surface area contributed by atoms with Gasteiger partial charge in [-0.3, -0.25) is 18.9 Å². The van der Waals surface area contributed by atoms with Crippen LogP contribution in [-0.2, 0) is 13.0 Å². The minimum absolute atomic E-state index is 0.0190. The quantitative estimate of drug-likeness (QED) is 0.270. The second kappa shape index (κ2) is 11.0. The van der Waals surface area contributed by atoms with Crippen molar-refractivity contribution in [2.24, 2.45) is 0 Å². The standard InChI is InChI=1S/C28H31N9O2/c1-5-6-9-21-17-36(27-24(19(4)38)15-30-37(27)18(2)3)28(39)35(21)16-20-12-13-25(29-14-20)22-10-7-8-11-23(22)26-31-33-34-32-26/h7-8,10-15,17-18H,5-6,9,16H2,1-4H3,(H,31,32,33,34). The summed E-state index contributed by atoms with van der Waals surface area (Å²) >= 11 is 0. The highest BCUT2D eigenvalue weighted by molar-refractivity contribution is 5.97. The molecule has 11 nitrogen and oxygen atoms in total. The van der Waals surface area contributed by atoms with Gasteiger partial charge in [0.2, 0.25) is 5.82 Å². The lowest BCUT2D eigenvalue weighted by atomic mass is 10.0. The van der Waals surface area contributed by atoms with E-state index in [1.165, 1.54) is 6.92 Å². The van der Waals surface area contributed by atoms with E-state index in [-0.39, 0.29) is 17.5 Å². The lowest BCUT2D eigenvalue weighted by Crippen LogP contribution is -2.27. The molecule has 5 aromatic rings. The molecule has 1 N–H and O–H groups in total. The van der Waals surface area contributed by atoms with Crippen molar-refractivity contribution in [2.75, 3.05) is 0 Å². The molecule has 0 bridgehead atoms. The van der Waals surface area contributed by atoms with Crippen molar-refractivity contribution < 1.29 is 4.79 Å². The van der Waals surface area contributed by atoms with Crippen LogP contribution in [0.15, 0.2) is 59.8 Å². The fourth-order valence-corrected chi connectivity index (χ4v) is 4.66. The molecule has 4 heterocycles. The van der Waals surface area contributed by atoms with E-state index in [1.807, 2.05) is 56.4 Å². The number of nitrogens with one attached hydrogen (secondary N) is 1. The van der Waals surface area contributed by atoms with Gasteiger partial charge in [0, 0.05) is 35.3 Å². The van der Waals surface area contributed by atoms with Crippen LogP contribution in [0.5, 0.6) is 0 Å². The van der Waals surface area contributed by atoms with Crippen LogP contribution in [0, 0.1) is 0 Å². The topological polar surface area (TPSA) is 129 Å². The molecule has 0 aliphatic carbocycles. The number of aromatic amines is 1. The third-order valence-corrected chi connectivity index (χ3v) is 6.67. The highest BCUT2D eigenvalue weighted by atomic mass is 16.2. The van der Waals surface area contributed by atoms with Crippen molar-refractivity contribution in [1.82, 2.24) is 44.5 Å². The summed E-state index contributed by atoms with van der Waals surface area (Å²) in [5.74, 6) is 0.869. The van der Waals surface area contributed by atoms with Crippen LogP contribution in [0.2, 0.25) is 0 Å². The molecule has 0 radical (unpaired) electrons. The molecule has 0 saturated heterocycles. The number of ketones is 1. The average molecular weight is 526 g/mol. The van der Waals surface area contributed by atoms with Gasteiger partial charge in [-0.1, -0.05) is 43.7 Å². The van der Waals surface area contributed by atoms with Gasteiger partial charge in [-0.05, 0) is 50.5 Å². The van der Waals surface area contributed by atoms with Gasteiger partial charge in [0.15, 0.2) is 5.78 Å². The van der Waals surface area contributed by atoms with E-state index >= 15 is 0 Å². The Labute approximate surface area is 225 Å². The second-order valence-electron chi connectivity index (χ2n) is 9.77. The number of nitrogens with zero attached hydrogens (tertiary/aromatic N) is 8. The predicted molar refractivity (Wildman–Crippen MR) is 147 cm³/mol.